The summed E-state index contributed by atoms with van der Waals surface area (Å²) in [6.45, 7) is 1.76. The van der Waals surface area contributed by atoms with Crippen molar-refractivity contribution in [2.24, 2.45) is 5.73 Å². The van der Waals surface area contributed by atoms with Crippen LogP contribution in [0.2, 0.25) is 0 Å². The third-order valence-electron chi connectivity index (χ3n) is 1.93. The number of nitrogens with two attached hydrogens (primary N) is 1. The number of ether oxygens (including phenoxy) is 1. The molecule has 4 heteroatoms. The van der Waals surface area contributed by atoms with Gasteiger partial charge in [-0.15, -0.1) is 0 Å². The smallest absolute Gasteiger partial charge is 0.338 e. The fourth-order valence-corrected chi connectivity index (χ4v) is 1.11. The van der Waals surface area contributed by atoms with Gasteiger partial charge in [-0.3, -0.25) is 4.79 Å². The summed E-state index contributed by atoms with van der Waals surface area (Å²) in [5.74, 6) is -1.03. The fourth-order valence-electron chi connectivity index (χ4n) is 1.11. The maximum atomic E-state index is 11.2. The van der Waals surface area contributed by atoms with Crippen LogP contribution in [-0.4, -0.2) is 19.0 Å². The van der Waals surface area contributed by atoms with Crippen LogP contribution in [0.25, 0.3) is 0 Å². The molecule has 0 bridgehead atoms. The van der Waals surface area contributed by atoms with Gasteiger partial charge in [0, 0.05) is 5.56 Å². The summed E-state index contributed by atoms with van der Waals surface area (Å²) in [6, 6.07) is 4.67. The van der Waals surface area contributed by atoms with Gasteiger partial charge in [-0.25, -0.2) is 4.79 Å². The Morgan fingerprint density at radius 3 is 2.50 bits per heavy atom. The molecule has 0 aliphatic carbocycles. The van der Waals surface area contributed by atoms with E-state index in [4.69, 9.17) is 5.73 Å². The highest BCUT2D eigenvalue weighted by atomic mass is 16.5. The molecule has 14 heavy (non-hydrogen) atoms. The third kappa shape index (κ3) is 1.90. The van der Waals surface area contributed by atoms with E-state index in [1.807, 2.05) is 0 Å². The Kier molecular flexibility index (Phi) is 2.86. The van der Waals surface area contributed by atoms with Crippen molar-refractivity contribution in [2.45, 2.75) is 6.92 Å². The molecule has 0 atom stereocenters. The van der Waals surface area contributed by atoms with Crippen molar-refractivity contribution in [3.63, 3.8) is 0 Å². The highest BCUT2D eigenvalue weighted by molar-refractivity contribution is 5.97. The molecule has 0 saturated carbocycles. The van der Waals surface area contributed by atoms with Gasteiger partial charge in [-0.1, -0.05) is 6.07 Å². The molecular weight excluding hydrogens is 182 g/mol. The molecule has 4 nitrogen and oxygen atoms in total. The summed E-state index contributed by atoms with van der Waals surface area (Å²) in [6.07, 6.45) is 0. The SMILES string of the molecule is COC(=O)c1cc(C(N)=O)ccc1C. The summed E-state index contributed by atoms with van der Waals surface area (Å²) < 4.78 is 4.56. The summed E-state index contributed by atoms with van der Waals surface area (Å²) in [7, 11) is 1.29. The Labute approximate surface area is 81.7 Å². The zero-order valence-electron chi connectivity index (χ0n) is 8.03. The van der Waals surface area contributed by atoms with E-state index < -0.39 is 11.9 Å². The second-order valence-electron chi connectivity index (χ2n) is 2.89. The molecule has 0 aliphatic heterocycles. The van der Waals surface area contributed by atoms with Crippen LogP contribution in [0.3, 0.4) is 0 Å². The van der Waals surface area contributed by atoms with E-state index in [-0.39, 0.29) is 0 Å². The minimum Gasteiger partial charge on any atom is -0.465 e. The summed E-state index contributed by atoms with van der Waals surface area (Å²) >= 11 is 0. The second kappa shape index (κ2) is 3.91. The Hall–Kier alpha value is -1.84. The first-order chi connectivity index (χ1) is 6.56. The maximum Gasteiger partial charge on any atom is 0.338 e. The van der Waals surface area contributed by atoms with Crippen molar-refractivity contribution in [3.8, 4) is 0 Å². The van der Waals surface area contributed by atoms with Crippen molar-refractivity contribution >= 4 is 11.9 Å². The number of carbonyl (C=O) groups is 2. The average molecular weight is 193 g/mol. The van der Waals surface area contributed by atoms with Crippen LogP contribution in [0.15, 0.2) is 18.2 Å². The second-order valence-corrected chi connectivity index (χ2v) is 2.89. The number of primary amides is 1. The van der Waals surface area contributed by atoms with Crippen LogP contribution in [0.1, 0.15) is 26.3 Å². The summed E-state index contributed by atoms with van der Waals surface area (Å²) in [5.41, 5.74) is 6.50. The van der Waals surface area contributed by atoms with Crippen molar-refractivity contribution in [3.05, 3.63) is 34.9 Å². The van der Waals surface area contributed by atoms with Crippen LogP contribution in [0.5, 0.6) is 0 Å². The lowest BCUT2D eigenvalue weighted by Gasteiger charge is -2.04. The lowest BCUT2D eigenvalue weighted by molar-refractivity contribution is 0.0600. The summed E-state index contributed by atoms with van der Waals surface area (Å²) in [4.78, 5) is 22.1. The fraction of sp³-hybridized carbons (Fsp3) is 0.200. The van der Waals surface area contributed by atoms with Gasteiger partial charge in [0.15, 0.2) is 0 Å². The third-order valence-corrected chi connectivity index (χ3v) is 1.93. The molecule has 0 radical (unpaired) electrons. The topological polar surface area (TPSA) is 69.4 Å². The van der Waals surface area contributed by atoms with Crippen LogP contribution >= 0.6 is 0 Å². The quantitative estimate of drug-likeness (QED) is 0.709. The molecule has 0 aliphatic rings. The number of rotatable bonds is 2. The number of hydrogen-bond donors (Lipinski definition) is 1. The molecule has 0 spiro atoms. The molecule has 0 heterocycles. The first kappa shape index (κ1) is 10.2. The van der Waals surface area contributed by atoms with E-state index >= 15 is 0 Å². The van der Waals surface area contributed by atoms with Gasteiger partial charge >= 0.3 is 5.97 Å². The van der Waals surface area contributed by atoms with Crippen LogP contribution in [0, 0.1) is 6.92 Å². The normalized spacial score (nSPS) is 9.57. The number of amides is 1. The van der Waals surface area contributed by atoms with Crippen LogP contribution in [-0.2, 0) is 4.74 Å². The van der Waals surface area contributed by atoms with Crippen molar-refractivity contribution < 1.29 is 14.3 Å². The standard InChI is InChI=1S/C10H11NO3/c1-6-3-4-7(9(11)12)5-8(6)10(13)14-2/h3-5H,1-2H3,(H2,11,12). The number of hydrogen-bond acceptors (Lipinski definition) is 3. The highest BCUT2D eigenvalue weighted by Crippen LogP contribution is 2.11. The molecule has 1 rings (SSSR count). The molecule has 0 aromatic heterocycles. The number of methoxy groups -OCH3 is 1. The monoisotopic (exact) mass is 193 g/mol. The number of benzene rings is 1. The Balaban J connectivity index is 3.21. The predicted octanol–water partition coefficient (Wildman–Crippen LogP) is 0.881. The largest absolute Gasteiger partial charge is 0.465 e. The molecule has 1 aromatic carbocycles. The van der Waals surface area contributed by atoms with E-state index in [0.717, 1.165) is 5.56 Å². The van der Waals surface area contributed by atoms with Gasteiger partial charge < -0.3 is 10.5 Å². The van der Waals surface area contributed by atoms with E-state index in [2.05, 4.69) is 4.74 Å². The van der Waals surface area contributed by atoms with E-state index in [1.165, 1.54) is 13.2 Å². The van der Waals surface area contributed by atoms with Crippen molar-refractivity contribution in [1.82, 2.24) is 0 Å². The van der Waals surface area contributed by atoms with Gasteiger partial charge in [-0.2, -0.15) is 0 Å². The molecule has 1 amide bonds. The first-order valence-electron chi connectivity index (χ1n) is 4.05. The van der Waals surface area contributed by atoms with Gasteiger partial charge in [0.1, 0.15) is 0 Å². The Morgan fingerprint density at radius 1 is 1.36 bits per heavy atom. The minimum atomic E-state index is -0.560. The minimum absolute atomic E-state index is 0.302. The molecule has 0 fully saturated rings. The first-order valence-corrected chi connectivity index (χ1v) is 4.05. The molecule has 74 valence electrons. The number of carbonyl (C=O) groups excluding carboxylic acids is 2. The lowest BCUT2D eigenvalue weighted by atomic mass is 10.0. The Bertz CT molecular complexity index is 385. The molecule has 2 N–H and O–H groups in total. The zero-order valence-corrected chi connectivity index (χ0v) is 8.03. The van der Waals surface area contributed by atoms with Gasteiger partial charge in [-0.05, 0) is 24.6 Å². The number of aryl methyl sites for hydroxylation is 1. The molecule has 0 saturated heterocycles. The van der Waals surface area contributed by atoms with Crippen LogP contribution in [0.4, 0.5) is 0 Å². The maximum absolute atomic E-state index is 11.2. The van der Waals surface area contributed by atoms with E-state index in [0.29, 0.717) is 11.1 Å². The highest BCUT2D eigenvalue weighted by Gasteiger charge is 2.11. The van der Waals surface area contributed by atoms with Gasteiger partial charge in [0.2, 0.25) is 5.91 Å². The Morgan fingerprint density at radius 2 is 2.00 bits per heavy atom. The number of esters is 1. The van der Waals surface area contributed by atoms with Crippen molar-refractivity contribution in [2.75, 3.05) is 7.11 Å². The van der Waals surface area contributed by atoms with Gasteiger partial charge in [0.25, 0.3) is 0 Å². The predicted molar refractivity (Wildman–Crippen MR) is 51.0 cm³/mol. The molecule has 1 aromatic rings. The molecular formula is C10H11NO3. The van der Waals surface area contributed by atoms with Crippen molar-refractivity contribution in [1.29, 1.82) is 0 Å². The lowest BCUT2D eigenvalue weighted by Crippen LogP contribution is -2.13. The van der Waals surface area contributed by atoms with E-state index in [1.54, 1.807) is 19.1 Å². The average Bonchev–Trinajstić information content (AvgIpc) is 2.17. The molecule has 0 unspecified atom stereocenters. The van der Waals surface area contributed by atoms with Gasteiger partial charge in [0.05, 0.1) is 12.7 Å². The summed E-state index contributed by atoms with van der Waals surface area (Å²) in [5, 5.41) is 0. The van der Waals surface area contributed by atoms with Crippen LogP contribution < -0.4 is 5.73 Å². The zero-order chi connectivity index (χ0) is 10.7. The van der Waals surface area contributed by atoms with E-state index in [9.17, 15) is 9.59 Å².